The van der Waals surface area contributed by atoms with Crippen molar-refractivity contribution in [3.05, 3.63) is 54.1 Å². The van der Waals surface area contributed by atoms with Crippen LogP contribution in [0.1, 0.15) is 46.1 Å². The smallest absolute Gasteiger partial charge is 0.119 e. The molecule has 1 heteroatoms. The highest BCUT2D eigenvalue weighted by Gasteiger charge is 2.14. The Kier molecular flexibility index (Phi) is 5.06. The van der Waals surface area contributed by atoms with Crippen molar-refractivity contribution in [2.45, 2.75) is 46.0 Å². The van der Waals surface area contributed by atoms with Crippen molar-refractivity contribution < 1.29 is 4.74 Å². The normalized spacial score (nSPS) is 11.4. The van der Waals surface area contributed by atoms with E-state index in [2.05, 4.69) is 58.0 Å². The molecule has 0 saturated heterocycles. The summed E-state index contributed by atoms with van der Waals surface area (Å²) in [5.74, 6) is 0.944. The lowest BCUT2D eigenvalue weighted by Gasteiger charge is -2.19. The van der Waals surface area contributed by atoms with Crippen molar-refractivity contribution in [3.8, 4) is 16.9 Å². The Hall–Kier alpha value is -1.76. The van der Waals surface area contributed by atoms with Crippen molar-refractivity contribution in [1.29, 1.82) is 0 Å². The minimum Gasteiger partial charge on any atom is -0.494 e. The van der Waals surface area contributed by atoms with Gasteiger partial charge in [-0.25, -0.2) is 0 Å². The minimum atomic E-state index is 0.160. The lowest BCUT2D eigenvalue weighted by atomic mass is 9.85. The third-order valence-corrected chi connectivity index (χ3v) is 3.60. The van der Waals surface area contributed by atoms with E-state index in [0.717, 1.165) is 30.8 Å². The van der Waals surface area contributed by atoms with Crippen molar-refractivity contribution >= 4 is 0 Å². The lowest BCUT2D eigenvalue weighted by molar-refractivity contribution is 0.309. The third-order valence-electron chi connectivity index (χ3n) is 3.60. The van der Waals surface area contributed by atoms with E-state index in [0.29, 0.717) is 0 Å². The van der Waals surface area contributed by atoms with Gasteiger partial charge < -0.3 is 4.74 Å². The van der Waals surface area contributed by atoms with Crippen molar-refractivity contribution in [3.63, 3.8) is 0 Å². The molecule has 0 amide bonds. The molecule has 0 aliphatic carbocycles. The largest absolute Gasteiger partial charge is 0.494 e. The summed E-state index contributed by atoms with van der Waals surface area (Å²) in [6.45, 7) is 9.66. The molecule has 0 aliphatic heterocycles. The van der Waals surface area contributed by atoms with Gasteiger partial charge in [0.15, 0.2) is 0 Å². The van der Waals surface area contributed by atoms with Gasteiger partial charge in [-0.1, -0.05) is 64.4 Å². The van der Waals surface area contributed by atoms with Crippen LogP contribution < -0.4 is 4.74 Å². The monoisotopic (exact) mass is 281 g/mol. The van der Waals surface area contributed by atoms with Gasteiger partial charge in [0.05, 0.1) is 6.61 Å². The highest BCUT2D eigenvalue weighted by Crippen LogP contribution is 2.28. The van der Waals surface area contributed by atoms with Gasteiger partial charge in [0, 0.05) is 0 Å². The third kappa shape index (κ3) is 4.35. The van der Waals surface area contributed by atoms with E-state index in [9.17, 15) is 0 Å². The number of benzene rings is 2. The number of unbranched alkanes of at least 4 members (excludes halogenated alkanes) is 1. The molecule has 0 bridgehead atoms. The van der Waals surface area contributed by atoms with Crippen LogP contribution >= 0.6 is 0 Å². The molecule has 111 valence electrons. The Balaban J connectivity index is 2.15. The first-order chi connectivity index (χ1) is 10.0. The van der Waals surface area contributed by atoms with Crippen molar-refractivity contribution in [2.75, 3.05) is 6.61 Å². The van der Waals surface area contributed by atoms with Gasteiger partial charge in [-0.2, -0.15) is 0 Å². The quantitative estimate of drug-likeness (QED) is 0.645. The van der Waals surface area contributed by atoms with E-state index in [1.165, 1.54) is 11.1 Å². The van der Waals surface area contributed by atoms with Crippen LogP contribution in [0.5, 0.6) is 5.75 Å². The zero-order valence-electron chi connectivity index (χ0n) is 13.6. The second-order valence-electron chi connectivity index (χ2n) is 6.47. The highest BCUT2D eigenvalue weighted by atomic mass is 16.5. The number of ether oxygens (including phenoxy) is 1. The van der Waals surface area contributed by atoms with E-state index < -0.39 is 0 Å². The van der Waals surface area contributed by atoms with E-state index in [1.807, 2.05) is 18.2 Å². The Morgan fingerprint density at radius 3 is 2.38 bits per heavy atom. The molecule has 2 rings (SSSR count). The predicted octanol–water partition coefficient (Wildman–Crippen LogP) is 5.63. The second kappa shape index (κ2) is 6.80. The first-order valence-corrected chi connectivity index (χ1v) is 7.76. The predicted molar refractivity (Wildman–Crippen MR) is 89.8 cm³/mol. The van der Waals surface area contributed by atoms with Crippen LogP contribution in [0, 0.1) is 6.07 Å². The Labute approximate surface area is 129 Å². The number of hydrogen-bond acceptors (Lipinski definition) is 1. The SMILES string of the molecule is CCCCOc1ccc(-c2[c]ccc(C(C)(C)C)c2)cc1. The zero-order valence-corrected chi connectivity index (χ0v) is 13.6. The van der Waals surface area contributed by atoms with Gasteiger partial charge >= 0.3 is 0 Å². The molecule has 0 aromatic heterocycles. The van der Waals surface area contributed by atoms with Gasteiger partial charge in [-0.3, -0.25) is 0 Å². The van der Waals surface area contributed by atoms with Crippen LogP contribution in [0.25, 0.3) is 11.1 Å². The van der Waals surface area contributed by atoms with Gasteiger partial charge in [0.1, 0.15) is 5.75 Å². The second-order valence-corrected chi connectivity index (χ2v) is 6.47. The molecule has 0 heterocycles. The Bertz CT molecular complexity index is 561. The Morgan fingerprint density at radius 1 is 1.05 bits per heavy atom. The summed E-state index contributed by atoms with van der Waals surface area (Å²) in [5, 5.41) is 0. The molecule has 2 aromatic rings. The fraction of sp³-hybridized carbons (Fsp3) is 0.400. The average molecular weight is 281 g/mol. The highest BCUT2D eigenvalue weighted by molar-refractivity contribution is 5.64. The average Bonchev–Trinajstić information content (AvgIpc) is 2.47. The number of rotatable bonds is 5. The molecule has 0 saturated carbocycles. The summed E-state index contributed by atoms with van der Waals surface area (Å²) in [6.07, 6.45) is 2.26. The van der Waals surface area contributed by atoms with Crippen LogP contribution in [0.4, 0.5) is 0 Å². The molecule has 0 fully saturated rings. The molecular formula is C20H25O. The number of hydrogen-bond donors (Lipinski definition) is 0. The van der Waals surface area contributed by atoms with E-state index in [-0.39, 0.29) is 5.41 Å². The van der Waals surface area contributed by atoms with Gasteiger partial charge in [0.2, 0.25) is 0 Å². The van der Waals surface area contributed by atoms with Crippen LogP contribution in [0.15, 0.2) is 42.5 Å². The molecule has 0 spiro atoms. The molecule has 0 unspecified atom stereocenters. The van der Waals surface area contributed by atoms with E-state index in [1.54, 1.807) is 0 Å². The van der Waals surface area contributed by atoms with Crippen LogP contribution in [0.3, 0.4) is 0 Å². The maximum Gasteiger partial charge on any atom is 0.119 e. The Morgan fingerprint density at radius 2 is 1.76 bits per heavy atom. The summed E-state index contributed by atoms with van der Waals surface area (Å²) in [6, 6.07) is 18.0. The molecule has 21 heavy (non-hydrogen) atoms. The minimum absolute atomic E-state index is 0.160. The van der Waals surface area contributed by atoms with E-state index in [4.69, 9.17) is 4.74 Å². The molecule has 0 N–H and O–H groups in total. The van der Waals surface area contributed by atoms with Crippen LogP contribution in [-0.4, -0.2) is 6.61 Å². The molecule has 1 radical (unpaired) electrons. The standard InChI is InChI=1S/C20H25O/c1-5-6-14-21-19-12-10-16(11-13-19)17-8-7-9-18(15-17)20(2,3)4/h7,9-13,15H,5-6,14H2,1-4H3. The summed E-state index contributed by atoms with van der Waals surface area (Å²) >= 11 is 0. The first-order valence-electron chi connectivity index (χ1n) is 7.76. The molecule has 0 atom stereocenters. The molecular weight excluding hydrogens is 256 g/mol. The maximum atomic E-state index is 5.71. The van der Waals surface area contributed by atoms with Gasteiger partial charge in [0.25, 0.3) is 0 Å². The van der Waals surface area contributed by atoms with Gasteiger partial charge in [-0.05, 0) is 46.7 Å². The first kappa shape index (κ1) is 15.6. The summed E-state index contributed by atoms with van der Waals surface area (Å²) in [4.78, 5) is 0. The van der Waals surface area contributed by atoms with E-state index >= 15 is 0 Å². The van der Waals surface area contributed by atoms with Crippen molar-refractivity contribution in [1.82, 2.24) is 0 Å². The fourth-order valence-electron chi connectivity index (χ4n) is 2.16. The lowest BCUT2D eigenvalue weighted by Crippen LogP contribution is -2.10. The van der Waals surface area contributed by atoms with Crippen LogP contribution in [-0.2, 0) is 5.41 Å². The fourth-order valence-corrected chi connectivity index (χ4v) is 2.16. The zero-order chi connectivity index (χ0) is 15.3. The summed E-state index contributed by atoms with van der Waals surface area (Å²) in [5.41, 5.74) is 3.82. The summed E-state index contributed by atoms with van der Waals surface area (Å²) < 4.78 is 5.71. The maximum absolute atomic E-state index is 5.71. The summed E-state index contributed by atoms with van der Waals surface area (Å²) in [7, 11) is 0. The van der Waals surface area contributed by atoms with Crippen molar-refractivity contribution in [2.24, 2.45) is 0 Å². The molecule has 2 aromatic carbocycles. The topological polar surface area (TPSA) is 9.23 Å². The molecule has 0 aliphatic rings. The molecule has 1 nitrogen and oxygen atoms in total. The van der Waals surface area contributed by atoms with Crippen LogP contribution in [0.2, 0.25) is 0 Å². The van der Waals surface area contributed by atoms with Gasteiger partial charge in [-0.15, -0.1) is 0 Å².